The number of β-amino-alcohol motifs (C(OH)–C–C–N with tert-alkyl or cyclic N) is 1. The average molecular weight is 402 g/mol. The molecule has 1 aromatic rings. The molecule has 0 bridgehead atoms. The van der Waals surface area contributed by atoms with Crippen molar-refractivity contribution in [3.8, 4) is 0 Å². The number of fused-ring (bicyclic) bond motifs is 1. The highest BCUT2D eigenvalue weighted by atomic mass is 16.3. The molecule has 1 saturated heterocycles. The molecule has 162 valence electrons. The van der Waals surface area contributed by atoms with Gasteiger partial charge in [0.15, 0.2) is 0 Å². The first-order valence-corrected chi connectivity index (χ1v) is 11.3. The van der Waals surface area contributed by atoms with Gasteiger partial charge in [0.25, 0.3) is 0 Å². The number of benzene rings is 1. The highest BCUT2D eigenvalue weighted by molar-refractivity contribution is 5.82. The minimum absolute atomic E-state index is 0.0883. The summed E-state index contributed by atoms with van der Waals surface area (Å²) in [4.78, 5) is 15.3. The third-order valence-electron chi connectivity index (χ3n) is 6.53. The van der Waals surface area contributed by atoms with Crippen LogP contribution in [0.3, 0.4) is 0 Å². The van der Waals surface area contributed by atoms with Crippen molar-refractivity contribution in [3.05, 3.63) is 35.9 Å². The van der Waals surface area contributed by atoms with Crippen LogP contribution in [0.15, 0.2) is 30.3 Å². The van der Waals surface area contributed by atoms with Crippen molar-refractivity contribution >= 4 is 5.91 Å². The summed E-state index contributed by atoms with van der Waals surface area (Å²) in [6, 6.07) is 9.54. The Hall–Kier alpha value is -1.43. The normalized spacial score (nSPS) is 27.7. The molecule has 1 aliphatic carbocycles. The van der Waals surface area contributed by atoms with E-state index in [0.29, 0.717) is 24.8 Å². The molecular formula is C24H39N3O2. The summed E-state index contributed by atoms with van der Waals surface area (Å²) in [5, 5.41) is 14.0. The van der Waals surface area contributed by atoms with Crippen LogP contribution in [0.4, 0.5) is 0 Å². The summed E-state index contributed by atoms with van der Waals surface area (Å²) in [5.41, 5.74) is 7.22. The van der Waals surface area contributed by atoms with Gasteiger partial charge in [0.05, 0.1) is 12.1 Å². The van der Waals surface area contributed by atoms with Gasteiger partial charge in [-0.05, 0) is 57.4 Å². The maximum atomic E-state index is 13.1. The number of hydrogen-bond acceptors (Lipinski definition) is 4. The van der Waals surface area contributed by atoms with Gasteiger partial charge in [-0.15, -0.1) is 0 Å². The van der Waals surface area contributed by atoms with Gasteiger partial charge in [0, 0.05) is 24.7 Å². The maximum Gasteiger partial charge on any atom is 0.237 e. The number of aliphatic hydroxyl groups excluding tert-OH is 1. The van der Waals surface area contributed by atoms with E-state index in [-0.39, 0.29) is 23.5 Å². The van der Waals surface area contributed by atoms with Crippen LogP contribution in [-0.2, 0) is 11.2 Å². The topological polar surface area (TPSA) is 78.6 Å². The highest BCUT2D eigenvalue weighted by Gasteiger charge is 2.41. The molecule has 4 N–H and O–H groups in total. The number of aliphatic hydroxyl groups is 1. The monoisotopic (exact) mass is 401 g/mol. The Morgan fingerprint density at radius 1 is 1.21 bits per heavy atom. The summed E-state index contributed by atoms with van der Waals surface area (Å²) in [6.45, 7) is 7.41. The molecule has 0 aromatic heterocycles. The molecular weight excluding hydrogens is 362 g/mol. The van der Waals surface area contributed by atoms with Crippen LogP contribution < -0.4 is 11.1 Å². The number of hydrogen-bond donors (Lipinski definition) is 3. The molecule has 1 saturated carbocycles. The predicted molar refractivity (Wildman–Crippen MR) is 117 cm³/mol. The number of nitrogens with one attached hydrogen (secondary N) is 1. The molecule has 29 heavy (non-hydrogen) atoms. The average Bonchev–Trinajstić information content (AvgIpc) is 2.66. The van der Waals surface area contributed by atoms with Gasteiger partial charge in [-0.3, -0.25) is 9.69 Å². The summed E-state index contributed by atoms with van der Waals surface area (Å²) >= 11 is 0. The van der Waals surface area contributed by atoms with Gasteiger partial charge in [-0.25, -0.2) is 0 Å². The van der Waals surface area contributed by atoms with Gasteiger partial charge in [0.1, 0.15) is 0 Å². The molecule has 2 aliphatic rings. The molecule has 3 rings (SSSR count). The minimum Gasteiger partial charge on any atom is -0.390 e. The second kappa shape index (κ2) is 9.59. The fourth-order valence-corrected chi connectivity index (χ4v) is 5.02. The van der Waals surface area contributed by atoms with E-state index >= 15 is 0 Å². The molecule has 3 unspecified atom stereocenters. The maximum absolute atomic E-state index is 13.1. The van der Waals surface area contributed by atoms with Crippen molar-refractivity contribution in [1.29, 1.82) is 0 Å². The van der Waals surface area contributed by atoms with E-state index in [1.165, 1.54) is 25.7 Å². The number of nitrogens with two attached hydrogens (primary N) is 1. The number of rotatable bonds is 6. The molecule has 1 amide bonds. The van der Waals surface area contributed by atoms with Crippen LogP contribution in [0.5, 0.6) is 0 Å². The lowest BCUT2D eigenvalue weighted by Gasteiger charge is -2.46. The molecule has 5 nitrogen and oxygen atoms in total. The molecule has 1 heterocycles. The Labute approximate surface area is 176 Å². The number of carbonyl (C=O) groups excluding carboxylic acids is 1. The van der Waals surface area contributed by atoms with Gasteiger partial charge in [0.2, 0.25) is 5.91 Å². The standard InChI is InChI=1S/C24H39N3O2/c1-24(2,3)26-23(29)21-14-18-11-7-8-12-19(18)15-27(21)16-22(28)20(25)13-17-9-5-4-6-10-17/h4-6,9-10,18-22,28H,7-8,11-16,25H2,1-3H3,(H,26,29)/t18?,19?,20-,21?,22+/m1/s1. The molecule has 5 heteroatoms. The van der Waals surface area contributed by atoms with Crippen molar-refractivity contribution in [2.45, 2.75) is 83.0 Å². The van der Waals surface area contributed by atoms with Crippen molar-refractivity contribution in [2.24, 2.45) is 17.6 Å². The number of carbonyl (C=O) groups is 1. The van der Waals surface area contributed by atoms with Gasteiger partial charge < -0.3 is 16.2 Å². The fraction of sp³-hybridized carbons (Fsp3) is 0.708. The van der Waals surface area contributed by atoms with Crippen LogP contribution in [0.1, 0.15) is 58.4 Å². The first-order chi connectivity index (χ1) is 13.7. The van der Waals surface area contributed by atoms with E-state index < -0.39 is 6.10 Å². The van der Waals surface area contributed by atoms with E-state index in [1.807, 2.05) is 51.1 Å². The largest absolute Gasteiger partial charge is 0.390 e. The van der Waals surface area contributed by atoms with Gasteiger partial charge in [-0.2, -0.15) is 0 Å². The third-order valence-corrected chi connectivity index (χ3v) is 6.53. The molecule has 5 atom stereocenters. The molecule has 1 aliphatic heterocycles. The predicted octanol–water partition coefficient (Wildman–Crippen LogP) is 2.71. The Balaban J connectivity index is 1.67. The van der Waals surface area contributed by atoms with E-state index in [1.54, 1.807) is 0 Å². The Morgan fingerprint density at radius 2 is 1.86 bits per heavy atom. The summed E-state index contributed by atoms with van der Waals surface area (Å²) in [5.74, 6) is 1.36. The molecule has 0 spiro atoms. The second-order valence-electron chi connectivity index (χ2n) is 10.2. The van der Waals surface area contributed by atoms with Crippen molar-refractivity contribution < 1.29 is 9.90 Å². The van der Waals surface area contributed by atoms with Crippen LogP contribution in [-0.4, -0.2) is 52.7 Å². The number of amides is 1. The first-order valence-electron chi connectivity index (χ1n) is 11.3. The Kier molecular flexibility index (Phi) is 7.36. The highest BCUT2D eigenvalue weighted by Crippen LogP contribution is 2.38. The SMILES string of the molecule is CC(C)(C)NC(=O)C1CC2CCCCC2CN1C[C@H](O)[C@H](N)Cc1ccccc1. The zero-order valence-corrected chi connectivity index (χ0v) is 18.3. The van der Waals surface area contributed by atoms with Crippen molar-refractivity contribution in [1.82, 2.24) is 10.2 Å². The lowest BCUT2D eigenvalue weighted by molar-refractivity contribution is -0.132. The first kappa shape index (κ1) is 22.3. The smallest absolute Gasteiger partial charge is 0.237 e. The van der Waals surface area contributed by atoms with Crippen LogP contribution in [0, 0.1) is 11.8 Å². The van der Waals surface area contributed by atoms with E-state index in [4.69, 9.17) is 5.73 Å². The van der Waals surface area contributed by atoms with Gasteiger partial charge >= 0.3 is 0 Å². The van der Waals surface area contributed by atoms with Crippen LogP contribution in [0.2, 0.25) is 0 Å². The molecule has 2 fully saturated rings. The number of likely N-dealkylation sites (tertiary alicyclic amines) is 1. The zero-order valence-electron chi connectivity index (χ0n) is 18.3. The Morgan fingerprint density at radius 3 is 2.52 bits per heavy atom. The van der Waals surface area contributed by atoms with Gasteiger partial charge in [-0.1, -0.05) is 49.6 Å². The van der Waals surface area contributed by atoms with Crippen LogP contribution >= 0.6 is 0 Å². The zero-order chi connectivity index (χ0) is 21.0. The number of nitrogens with zero attached hydrogens (tertiary/aromatic N) is 1. The van der Waals surface area contributed by atoms with E-state index in [9.17, 15) is 9.90 Å². The van der Waals surface area contributed by atoms with Crippen molar-refractivity contribution in [2.75, 3.05) is 13.1 Å². The molecule has 0 radical (unpaired) electrons. The lowest BCUT2D eigenvalue weighted by Crippen LogP contribution is -2.59. The van der Waals surface area contributed by atoms with Crippen LogP contribution in [0.25, 0.3) is 0 Å². The molecule has 1 aromatic carbocycles. The summed E-state index contributed by atoms with van der Waals surface area (Å²) < 4.78 is 0. The third kappa shape index (κ3) is 6.27. The number of piperidine rings is 1. The quantitative estimate of drug-likeness (QED) is 0.685. The van der Waals surface area contributed by atoms with E-state index in [2.05, 4.69) is 10.2 Å². The Bertz CT molecular complexity index is 658. The second-order valence-corrected chi connectivity index (χ2v) is 10.2. The van der Waals surface area contributed by atoms with Crippen molar-refractivity contribution in [3.63, 3.8) is 0 Å². The van der Waals surface area contributed by atoms with E-state index in [0.717, 1.165) is 18.5 Å². The lowest BCUT2D eigenvalue weighted by atomic mass is 9.72. The minimum atomic E-state index is -0.653. The fourth-order valence-electron chi connectivity index (χ4n) is 5.02. The summed E-state index contributed by atoms with van der Waals surface area (Å²) in [6.07, 6.45) is 5.91. The summed E-state index contributed by atoms with van der Waals surface area (Å²) in [7, 11) is 0.